The van der Waals surface area contributed by atoms with Crippen molar-refractivity contribution in [3.8, 4) is 5.75 Å². The van der Waals surface area contributed by atoms with Gasteiger partial charge in [0.25, 0.3) is 0 Å². The topological polar surface area (TPSA) is 55.8 Å². The molecule has 0 spiro atoms. The average molecular weight is 308 g/mol. The quantitative estimate of drug-likeness (QED) is 0.720. The summed E-state index contributed by atoms with van der Waals surface area (Å²) in [5, 5.41) is 0. The Morgan fingerprint density at radius 2 is 2.00 bits per heavy atom. The highest BCUT2D eigenvalue weighted by Gasteiger charge is 2.24. The molecule has 0 aliphatic rings. The molecule has 0 aliphatic heterocycles. The second kappa shape index (κ2) is 7.09. The van der Waals surface area contributed by atoms with E-state index in [2.05, 4.69) is 0 Å². The van der Waals surface area contributed by atoms with E-state index < -0.39 is 10.0 Å². The van der Waals surface area contributed by atoms with Gasteiger partial charge in [-0.25, -0.2) is 8.42 Å². The van der Waals surface area contributed by atoms with Crippen LogP contribution in [0, 0.1) is 0 Å². The van der Waals surface area contributed by atoms with E-state index in [-0.39, 0.29) is 17.3 Å². The number of ether oxygens (including phenoxy) is 2. The maximum absolute atomic E-state index is 12.4. The Morgan fingerprint density at radius 1 is 1.32 bits per heavy atom. The summed E-state index contributed by atoms with van der Waals surface area (Å²) in [4.78, 5) is 0.117. The van der Waals surface area contributed by atoms with E-state index in [0.717, 1.165) is 5.56 Å². The molecule has 19 heavy (non-hydrogen) atoms. The zero-order valence-electron chi connectivity index (χ0n) is 11.2. The van der Waals surface area contributed by atoms with Crippen LogP contribution in [0.15, 0.2) is 23.1 Å². The average Bonchev–Trinajstić information content (AvgIpc) is 2.43. The number of sulfonamides is 1. The number of nitrogens with zero attached hydrogens (tertiary/aromatic N) is 1. The molecule has 0 atom stereocenters. The third-order valence-electron chi connectivity index (χ3n) is 2.68. The molecular weight excluding hydrogens is 290 g/mol. The number of halogens is 1. The molecule has 0 amide bonds. The van der Waals surface area contributed by atoms with Crippen LogP contribution in [-0.4, -0.2) is 47.1 Å². The van der Waals surface area contributed by atoms with Gasteiger partial charge in [-0.2, -0.15) is 4.31 Å². The molecule has 1 rings (SSSR count). The molecule has 0 radical (unpaired) electrons. The highest BCUT2D eigenvalue weighted by molar-refractivity contribution is 7.89. The van der Waals surface area contributed by atoms with Gasteiger partial charge >= 0.3 is 0 Å². The van der Waals surface area contributed by atoms with Crippen molar-refractivity contribution >= 4 is 21.6 Å². The predicted octanol–water partition coefficient (Wildman–Crippen LogP) is 1.70. The fourth-order valence-corrected chi connectivity index (χ4v) is 3.04. The van der Waals surface area contributed by atoms with Crippen LogP contribution in [0.2, 0.25) is 0 Å². The molecule has 0 saturated heterocycles. The number of rotatable bonds is 7. The van der Waals surface area contributed by atoms with E-state index in [1.807, 2.05) is 0 Å². The molecule has 0 saturated carbocycles. The van der Waals surface area contributed by atoms with Crippen LogP contribution in [0.1, 0.15) is 5.56 Å². The van der Waals surface area contributed by atoms with Crippen molar-refractivity contribution in [3.05, 3.63) is 23.8 Å². The van der Waals surface area contributed by atoms with Gasteiger partial charge in [-0.15, -0.1) is 11.6 Å². The first-order valence-corrected chi connectivity index (χ1v) is 7.63. The van der Waals surface area contributed by atoms with Crippen LogP contribution in [0.4, 0.5) is 0 Å². The molecule has 1 aromatic carbocycles. The van der Waals surface area contributed by atoms with Gasteiger partial charge in [0.1, 0.15) is 10.6 Å². The fourth-order valence-electron chi connectivity index (χ4n) is 1.51. The number of hydrogen-bond acceptors (Lipinski definition) is 4. The SMILES string of the molecule is COCCN(C)S(=O)(=O)c1cc(CCl)ccc1OC. The molecule has 0 aromatic heterocycles. The van der Waals surface area contributed by atoms with Crippen LogP contribution in [-0.2, 0) is 20.6 Å². The van der Waals surface area contributed by atoms with Crippen molar-refractivity contribution in [1.29, 1.82) is 0 Å². The molecule has 1 aromatic rings. The fraction of sp³-hybridized carbons (Fsp3) is 0.500. The van der Waals surface area contributed by atoms with Gasteiger partial charge in [0.2, 0.25) is 10.0 Å². The summed E-state index contributed by atoms with van der Waals surface area (Å²) in [6.07, 6.45) is 0. The minimum absolute atomic E-state index is 0.117. The van der Waals surface area contributed by atoms with Crippen LogP contribution < -0.4 is 4.74 Å². The molecular formula is C12H18ClNO4S. The van der Waals surface area contributed by atoms with E-state index in [0.29, 0.717) is 12.4 Å². The summed E-state index contributed by atoms with van der Waals surface area (Å²) in [5.41, 5.74) is 0.723. The van der Waals surface area contributed by atoms with Crippen LogP contribution in [0.5, 0.6) is 5.75 Å². The number of hydrogen-bond donors (Lipinski definition) is 0. The highest BCUT2D eigenvalue weighted by atomic mass is 35.5. The lowest BCUT2D eigenvalue weighted by Crippen LogP contribution is -2.30. The zero-order valence-corrected chi connectivity index (χ0v) is 12.8. The second-order valence-electron chi connectivity index (χ2n) is 3.94. The van der Waals surface area contributed by atoms with Gasteiger partial charge in [-0.3, -0.25) is 0 Å². The lowest BCUT2D eigenvalue weighted by atomic mass is 10.2. The Balaban J connectivity index is 3.18. The first-order chi connectivity index (χ1) is 8.97. The monoisotopic (exact) mass is 307 g/mol. The Morgan fingerprint density at radius 3 is 2.53 bits per heavy atom. The van der Waals surface area contributed by atoms with Crippen LogP contribution >= 0.6 is 11.6 Å². The van der Waals surface area contributed by atoms with Crippen molar-refractivity contribution in [3.63, 3.8) is 0 Å². The van der Waals surface area contributed by atoms with Crippen molar-refractivity contribution in [2.24, 2.45) is 0 Å². The largest absolute Gasteiger partial charge is 0.495 e. The Hall–Kier alpha value is -0.820. The highest BCUT2D eigenvalue weighted by Crippen LogP contribution is 2.27. The Labute approximate surface area is 119 Å². The van der Waals surface area contributed by atoms with E-state index in [9.17, 15) is 8.42 Å². The second-order valence-corrected chi connectivity index (χ2v) is 6.22. The van der Waals surface area contributed by atoms with E-state index in [4.69, 9.17) is 21.1 Å². The minimum Gasteiger partial charge on any atom is -0.495 e. The van der Waals surface area contributed by atoms with Gasteiger partial charge < -0.3 is 9.47 Å². The van der Waals surface area contributed by atoms with Crippen molar-refractivity contribution in [1.82, 2.24) is 4.31 Å². The Kier molecular flexibility index (Phi) is 6.06. The summed E-state index contributed by atoms with van der Waals surface area (Å²) in [6.45, 7) is 0.598. The maximum Gasteiger partial charge on any atom is 0.246 e. The third kappa shape index (κ3) is 3.82. The smallest absolute Gasteiger partial charge is 0.246 e. The molecule has 0 heterocycles. The van der Waals surface area contributed by atoms with Gasteiger partial charge in [-0.1, -0.05) is 6.07 Å². The van der Waals surface area contributed by atoms with Crippen LogP contribution in [0.3, 0.4) is 0 Å². The van der Waals surface area contributed by atoms with Gasteiger partial charge in [0.15, 0.2) is 0 Å². The lowest BCUT2D eigenvalue weighted by molar-refractivity contribution is 0.185. The normalized spacial score (nSPS) is 11.8. The molecule has 108 valence electrons. The van der Waals surface area contributed by atoms with Gasteiger partial charge in [-0.05, 0) is 17.7 Å². The minimum atomic E-state index is -3.62. The summed E-state index contributed by atoms with van der Waals surface area (Å²) in [6, 6.07) is 4.87. The van der Waals surface area contributed by atoms with Gasteiger partial charge in [0.05, 0.1) is 13.7 Å². The van der Waals surface area contributed by atoms with Crippen molar-refractivity contribution in [2.75, 3.05) is 34.4 Å². The van der Waals surface area contributed by atoms with E-state index >= 15 is 0 Å². The maximum atomic E-state index is 12.4. The van der Waals surface area contributed by atoms with Gasteiger partial charge in [0, 0.05) is 26.6 Å². The predicted molar refractivity (Wildman–Crippen MR) is 74.2 cm³/mol. The van der Waals surface area contributed by atoms with Crippen molar-refractivity contribution in [2.45, 2.75) is 10.8 Å². The number of alkyl halides is 1. The summed E-state index contributed by atoms with van der Waals surface area (Å²) in [7, 11) is 0.842. The summed E-state index contributed by atoms with van der Waals surface area (Å²) < 4.78 is 36.1. The zero-order chi connectivity index (χ0) is 14.5. The molecule has 0 bridgehead atoms. The van der Waals surface area contributed by atoms with Crippen LogP contribution in [0.25, 0.3) is 0 Å². The molecule has 7 heteroatoms. The number of likely N-dealkylation sites (N-methyl/N-ethyl adjacent to an activating group) is 1. The molecule has 0 unspecified atom stereocenters. The van der Waals surface area contributed by atoms with E-state index in [1.165, 1.54) is 31.6 Å². The Bertz CT molecular complexity index is 518. The summed E-state index contributed by atoms with van der Waals surface area (Å²) >= 11 is 5.74. The number of methoxy groups -OCH3 is 2. The molecule has 0 fully saturated rings. The summed E-state index contributed by atoms with van der Waals surface area (Å²) in [5.74, 6) is 0.548. The first kappa shape index (κ1) is 16.2. The molecule has 5 nitrogen and oxygen atoms in total. The molecule has 0 N–H and O–H groups in total. The van der Waals surface area contributed by atoms with E-state index in [1.54, 1.807) is 12.1 Å². The first-order valence-electron chi connectivity index (χ1n) is 5.65. The number of benzene rings is 1. The molecule has 0 aliphatic carbocycles. The van der Waals surface area contributed by atoms with Crippen molar-refractivity contribution < 1.29 is 17.9 Å². The third-order valence-corrected chi connectivity index (χ3v) is 4.87. The standard InChI is InChI=1S/C12H18ClNO4S/c1-14(6-7-17-2)19(15,16)12-8-10(9-13)4-5-11(12)18-3/h4-5,8H,6-7,9H2,1-3H3. The lowest BCUT2D eigenvalue weighted by Gasteiger charge is -2.19.